The Morgan fingerprint density at radius 2 is 0.429 bits per heavy atom. The first kappa shape index (κ1) is 56.7. The van der Waals surface area contributed by atoms with Crippen molar-refractivity contribution in [3.8, 4) is 0 Å². The van der Waals surface area contributed by atoms with Gasteiger partial charge in [0.25, 0.3) is 0 Å². The fourth-order valence-corrected chi connectivity index (χ4v) is 2.91. The number of carbonyl (C=O) groups excluding carboxylic acids is 2. The molecule has 0 aromatic carbocycles. The van der Waals surface area contributed by atoms with Crippen LogP contribution in [0.2, 0.25) is 0 Å². The van der Waals surface area contributed by atoms with E-state index in [-0.39, 0.29) is 11.9 Å². The summed E-state index contributed by atoms with van der Waals surface area (Å²) >= 11 is 0. The third-order valence-electron chi connectivity index (χ3n) is 5.48. The van der Waals surface area contributed by atoms with E-state index >= 15 is 0 Å². The topological polar surface area (TPSA) is 52.6 Å². The van der Waals surface area contributed by atoms with Crippen molar-refractivity contribution in [3.05, 3.63) is 0 Å². The van der Waals surface area contributed by atoms with E-state index in [0.717, 1.165) is 0 Å². The van der Waals surface area contributed by atoms with Gasteiger partial charge < -0.3 is 9.47 Å². The number of hydrogen-bond acceptors (Lipinski definition) is 4. The maximum Gasteiger partial charge on any atom is 0.302 e. The van der Waals surface area contributed by atoms with Crippen LogP contribution >= 0.6 is 0 Å². The van der Waals surface area contributed by atoms with E-state index in [1.807, 2.05) is 0 Å². The van der Waals surface area contributed by atoms with Crippen molar-refractivity contribution >= 4 is 11.9 Å². The standard InChI is InChI=1S/5C6H14.2C4H8O2/c5*1-3-5-6-4-2;2*1-3-6-4(2)5/h5*3-6H2,1-2H3;2*3H2,1-2H3. The minimum absolute atomic E-state index is 0.211. The van der Waals surface area contributed by atoms with Gasteiger partial charge in [-0.3, -0.25) is 9.59 Å². The largest absolute Gasteiger partial charge is 0.466 e. The van der Waals surface area contributed by atoms with Gasteiger partial charge in [0.15, 0.2) is 0 Å². The molecule has 0 N–H and O–H groups in total. The second kappa shape index (κ2) is 72.3. The highest BCUT2D eigenvalue weighted by Crippen LogP contribution is 1.97. The van der Waals surface area contributed by atoms with Crippen molar-refractivity contribution in [2.24, 2.45) is 0 Å². The highest BCUT2D eigenvalue weighted by molar-refractivity contribution is 5.66. The Kier molecular flexibility index (Phi) is 97.6. The number of ether oxygens (including phenoxy) is 2. The molecule has 0 saturated heterocycles. The number of esters is 2. The van der Waals surface area contributed by atoms with Gasteiger partial charge in [-0.1, -0.05) is 198 Å². The number of rotatable bonds is 17. The van der Waals surface area contributed by atoms with E-state index in [4.69, 9.17) is 0 Å². The highest BCUT2D eigenvalue weighted by Gasteiger charge is 1.82. The third-order valence-corrected chi connectivity index (χ3v) is 5.48. The molecule has 4 nitrogen and oxygen atoms in total. The molecule has 0 heterocycles. The predicted molar refractivity (Wildman–Crippen MR) is 194 cm³/mol. The summed E-state index contributed by atoms with van der Waals surface area (Å²) in [6, 6.07) is 0. The Bertz CT molecular complexity index is 301. The minimum atomic E-state index is -0.211. The van der Waals surface area contributed by atoms with Gasteiger partial charge in [-0.05, 0) is 13.8 Å². The van der Waals surface area contributed by atoms with E-state index in [2.05, 4.69) is 78.7 Å². The Hall–Kier alpha value is -1.06. The van der Waals surface area contributed by atoms with E-state index in [0.29, 0.717) is 13.2 Å². The first-order valence-corrected chi connectivity index (χ1v) is 18.4. The van der Waals surface area contributed by atoms with Gasteiger partial charge in [0.05, 0.1) is 13.2 Å². The number of carbonyl (C=O) groups is 2. The second-order valence-electron chi connectivity index (χ2n) is 10.4. The quantitative estimate of drug-likeness (QED) is 0.122. The van der Waals surface area contributed by atoms with Gasteiger partial charge in [-0.25, -0.2) is 0 Å². The molecule has 0 rings (SSSR count). The summed E-state index contributed by atoms with van der Waals surface area (Å²) in [4.78, 5) is 19.6. The molecule has 262 valence electrons. The lowest BCUT2D eigenvalue weighted by Gasteiger charge is -1.89. The van der Waals surface area contributed by atoms with Crippen molar-refractivity contribution < 1.29 is 19.1 Å². The molecule has 0 unspecified atom stereocenters. The maximum atomic E-state index is 9.82. The Morgan fingerprint density at radius 3 is 0.452 bits per heavy atom. The van der Waals surface area contributed by atoms with Crippen molar-refractivity contribution in [3.63, 3.8) is 0 Å². The molecule has 0 radical (unpaired) electrons. The lowest BCUT2D eigenvalue weighted by Crippen LogP contribution is -1.95. The lowest BCUT2D eigenvalue weighted by atomic mass is 10.2. The number of hydrogen-bond donors (Lipinski definition) is 0. The molecular formula is C38H86O4. The Morgan fingerprint density at radius 1 is 0.310 bits per heavy atom. The molecule has 0 aliphatic rings. The molecule has 0 saturated carbocycles. The molecule has 0 aromatic heterocycles. The average Bonchev–Trinajstić information content (AvgIpc) is 2.97. The molecule has 0 bridgehead atoms. The molecule has 4 heteroatoms. The fraction of sp³-hybridized carbons (Fsp3) is 0.947. The molecule has 0 spiro atoms. The van der Waals surface area contributed by atoms with Crippen LogP contribution in [0.4, 0.5) is 0 Å². The average molecular weight is 607 g/mol. The highest BCUT2D eigenvalue weighted by atomic mass is 16.5. The van der Waals surface area contributed by atoms with Crippen molar-refractivity contribution in [2.75, 3.05) is 13.2 Å². The normalized spacial score (nSPS) is 8.62. The van der Waals surface area contributed by atoms with Crippen LogP contribution in [0.1, 0.15) is 225 Å². The van der Waals surface area contributed by atoms with Gasteiger partial charge in [-0.15, -0.1) is 0 Å². The van der Waals surface area contributed by atoms with Crippen LogP contribution in [0.5, 0.6) is 0 Å². The van der Waals surface area contributed by atoms with Crippen LogP contribution in [0.25, 0.3) is 0 Å². The zero-order valence-corrected chi connectivity index (χ0v) is 32.2. The van der Waals surface area contributed by atoms with Gasteiger partial charge >= 0.3 is 11.9 Å². The molecule has 42 heavy (non-hydrogen) atoms. The van der Waals surface area contributed by atoms with Crippen molar-refractivity contribution in [2.45, 2.75) is 225 Å². The van der Waals surface area contributed by atoms with Crippen LogP contribution in [-0.2, 0) is 19.1 Å². The summed E-state index contributed by atoms with van der Waals surface area (Å²) in [6.45, 7) is 29.6. The van der Waals surface area contributed by atoms with E-state index in [1.54, 1.807) is 13.8 Å². The van der Waals surface area contributed by atoms with E-state index in [1.165, 1.54) is 142 Å². The molecule has 0 aromatic rings. The van der Waals surface area contributed by atoms with Crippen LogP contribution in [0.15, 0.2) is 0 Å². The van der Waals surface area contributed by atoms with Crippen LogP contribution in [0.3, 0.4) is 0 Å². The van der Waals surface area contributed by atoms with Crippen molar-refractivity contribution in [1.82, 2.24) is 0 Å². The predicted octanol–water partition coefficient (Wildman–Crippen LogP) is 14.1. The van der Waals surface area contributed by atoms with E-state index in [9.17, 15) is 9.59 Å². The molecular weight excluding hydrogens is 520 g/mol. The Balaban J connectivity index is -0.0000000681. The zero-order valence-electron chi connectivity index (χ0n) is 32.2. The maximum absolute atomic E-state index is 9.82. The molecule has 0 fully saturated rings. The summed E-state index contributed by atoms with van der Waals surface area (Å²) in [6.07, 6.45) is 27.7. The lowest BCUT2D eigenvalue weighted by molar-refractivity contribution is -0.141. The molecule has 0 atom stereocenters. The third kappa shape index (κ3) is 141. The fourth-order valence-electron chi connectivity index (χ4n) is 2.91. The molecule has 0 aliphatic carbocycles. The summed E-state index contributed by atoms with van der Waals surface area (Å²) in [5.41, 5.74) is 0. The second-order valence-corrected chi connectivity index (χ2v) is 10.4. The summed E-state index contributed by atoms with van der Waals surface area (Å²) in [5, 5.41) is 0. The van der Waals surface area contributed by atoms with Gasteiger partial charge in [0.2, 0.25) is 0 Å². The summed E-state index contributed by atoms with van der Waals surface area (Å²) in [5.74, 6) is -0.421. The summed E-state index contributed by atoms with van der Waals surface area (Å²) in [7, 11) is 0. The SMILES string of the molecule is CCCCCC.CCCCCC.CCCCCC.CCCCCC.CCCCCC.CCOC(C)=O.CCOC(C)=O. The smallest absolute Gasteiger partial charge is 0.302 e. The first-order chi connectivity index (χ1) is 20.1. The van der Waals surface area contributed by atoms with Gasteiger partial charge in [0, 0.05) is 13.8 Å². The van der Waals surface area contributed by atoms with E-state index < -0.39 is 0 Å². The van der Waals surface area contributed by atoms with Crippen LogP contribution in [-0.4, -0.2) is 25.2 Å². The minimum Gasteiger partial charge on any atom is -0.466 e. The Labute approximate surface area is 269 Å². The van der Waals surface area contributed by atoms with Crippen molar-refractivity contribution in [1.29, 1.82) is 0 Å². The number of unbranched alkanes of at least 4 members (excludes halogenated alkanes) is 15. The van der Waals surface area contributed by atoms with Crippen LogP contribution < -0.4 is 0 Å². The van der Waals surface area contributed by atoms with Crippen LogP contribution in [0, 0.1) is 0 Å². The zero-order chi connectivity index (χ0) is 34.1. The van der Waals surface area contributed by atoms with Gasteiger partial charge in [-0.2, -0.15) is 0 Å². The van der Waals surface area contributed by atoms with Gasteiger partial charge in [0.1, 0.15) is 0 Å². The summed E-state index contributed by atoms with van der Waals surface area (Å²) < 4.78 is 8.81. The molecule has 0 amide bonds. The first-order valence-electron chi connectivity index (χ1n) is 18.4. The molecule has 0 aliphatic heterocycles. The monoisotopic (exact) mass is 607 g/mol.